The molecular weight excluding hydrogens is 525 g/mol. The molecule has 2 aliphatic rings. The third-order valence-corrected chi connectivity index (χ3v) is 8.01. The summed E-state index contributed by atoms with van der Waals surface area (Å²) in [6.45, 7) is 9.83. The van der Waals surface area contributed by atoms with E-state index < -0.39 is 18.1 Å². The van der Waals surface area contributed by atoms with Crippen molar-refractivity contribution in [3.63, 3.8) is 0 Å². The zero-order chi connectivity index (χ0) is 29.3. The molecule has 2 N–H and O–H groups in total. The Kier molecular flexibility index (Phi) is 8.30. The number of amides is 1. The molecule has 2 saturated heterocycles. The smallest absolute Gasteiger partial charge is 0.243 e. The molecule has 3 aromatic rings. The van der Waals surface area contributed by atoms with Crippen LogP contribution in [0, 0.1) is 0 Å². The van der Waals surface area contributed by atoms with Crippen molar-refractivity contribution in [3.05, 3.63) is 37.2 Å². The highest BCUT2D eigenvalue weighted by atomic mass is 19.1. The van der Waals surface area contributed by atoms with Gasteiger partial charge in [-0.3, -0.25) is 4.79 Å². The van der Waals surface area contributed by atoms with E-state index in [2.05, 4.69) is 52.2 Å². The largest absolute Gasteiger partial charge is 0.494 e. The Hall–Kier alpha value is -3.93. The zero-order valence-electron chi connectivity index (χ0n) is 24.5. The molecule has 4 heterocycles. The fourth-order valence-corrected chi connectivity index (χ4v) is 5.56. The van der Waals surface area contributed by atoms with E-state index in [1.807, 2.05) is 30.5 Å². The van der Waals surface area contributed by atoms with Crippen LogP contribution in [0.2, 0.25) is 0 Å². The summed E-state index contributed by atoms with van der Waals surface area (Å²) in [6.07, 6.45) is 3.85. The van der Waals surface area contributed by atoms with Crippen molar-refractivity contribution in [2.24, 2.45) is 0 Å². The van der Waals surface area contributed by atoms with Gasteiger partial charge in [-0.15, -0.1) is 0 Å². The molecular formula is C29H40FN9O2. The van der Waals surface area contributed by atoms with Crippen LogP contribution in [0.25, 0.3) is 11.2 Å². The van der Waals surface area contributed by atoms with Crippen LogP contribution >= 0.6 is 0 Å². The molecule has 0 saturated carbocycles. The number of aromatic nitrogens is 4. The molecule has 220 valence electrons. The molecule has 2 fully saturated rings. The van der Waals surface area contributed by atoms with Crippen LogP contribution in [-0.2, 0) is 4.79 Å². The minimum atomic E-state index is -1.26. The minimum Gasteiger partial charge on any atom is -0.494 e. The maximum Gasteiger partial charge on any atom is 0.243 e. The Bertz CT molecular complexity index is 1400. The number of hydrogen-bond acceptors (Lipinski definition) is 9. The van der Waals surface area contributed by atoms with Crippen molar-refractivity contribution in [2.75, 3.05) is 62.5 Å². The second kappa shape index (κ2) is 11.9. The lowest BCUT2D eigenvalue weighted by atomic mass is 10.0. The van der Waals surface area contributed by atoms with Gasteiger partial charge >= 0.3 is 0 Å². The van der Waals surface area contributed by atoms with Crippen molar-refractivity contribution in [1.29, 1.82) is 0 Å². The summed E-state index contributed by atoms with van der Waals surface area (Å²) in [5, 5.41) is 6.08. The number of hydrogen-bond donors (Lipinski definition) is 2. The molecule has 2 aromatic heterocycles. The predicted molar refractivity (Wildman–Crippen MR) is 160 cm³/mol. The number of nitrogens with one attached hydrogen (secondary N) is 2. The Morgan fingerprint density at radius 1 is 1.20 bits per heavy atom. The number of methoxy groups -OCH3 is 1. The molecule has 0 aliphatic carbocycles. The second-order valence-corrected chi connectivity index (χ2v) is 11.2. The molecule has 0 radical (unpaired) electrons. The fraction of sp³-hybridized carbons (Fsp3) is 0.517. The monoisotopic (exact) mass is 565 g/mol. The fourth-order valence-electron chi connectivity index (χ4n) is 5.56. The van der Waals surface area contributed by atoms with Crippen LogP contribution in [0.4, 0.5) is 27.5 Å². The van der Waals surface area contributed by atoms with Gasteiger partial charge in [-0.2, -0.15) is 9.97 Å². The average molecular weight is 566 g/mol. The Morgan fingerprint density at radius 2 is 1.95 bits per heavy atom. The number of benzene rings is 1. The first-order chi connectivity index (χ1) is 19.7. The summed E-state index contributed by atoms with van der Waals surface area (Å²) in [5.41, 5.74) is 3.10. The van der Waals surface area contributed by atoms with Gasteiger partial charge in [-0.1, -0.05) is 6.58 Å². The average Bonchev–Trinajstić information content (AvgIpc) is 3.56. The van der Waals surface area contributed by atoms with Gasteiger partial charge in [0.1, 0.15) is 11.9 Å². The van der Waals surface area contributed by atoms with Gasteiger partial charge in [0, 0.05) is 43.5 Å². The van der Waals surface area contributed by atoms with Crippen LogP contribution in [0.15, 0.2) is 37.2 Å². The molecule has 2 aliphatic heterocycles. The molecule has 0 unspecified atom stereocenters. The van der Waals surface area contributed by atoms with Crippen LogP contribution in [0.5, 0.6) is 5.75 Å². The molecule has 12 heteroatoms. The molecule has 1 amide bonds. The number of ether oxygens (including phenoxy) is 1. The van der Waals surface area contributed by atoms with Crippen LogP contribution in [0.1, 0.15) is 32.7 Å². The zero-order valence-corrected chi connectivity index (χ0v) is 24.5. The first-order valence-corrected chi connectivity index (χ1v) is 14.1. The topological polar surface area (TPSA) is 104 Å². The van der Waals surface area contributed by atoms with Crippen molar-refractivity contribution in [2.45, 2.75) is 51.0 Å². The van der Waals surface area contributed by atoms with Crippen molar-refractivity contribution < 1.29 is 13.9 Å². The van der Waals surface area contributed by atoms with E-state index in [0.29, 0.717) is 34.7 Å². The van der Waals surface area contributed by atoms with E-state index >= 15 is 0 Å². The van der Waals surface area contributed by atoms with E-state index in [9.17, 15) is 9.18 Å². The van der Waals surface area contributed by atoms with Crippen LogP contribution in [-0.4, -0.2) is 96.0 Å². The van der Waals surface area contributed by atoms with Gasteiger partial charge in [0.25, 0.3) is 0 Å². The van der Waals surface area contributed by atoms with Crippen LogP contribution in [0.3, 0.4) is 0 Å². The number of nitrogens with zero attached hydrogens (tertiary/aromatic N) is 7. The number of piperidine rings is 1. The molecule has 1 aromatic carbocycles. The Balaban J connectivity index is 1.44. The lowest BCUT2D eigenvalue weighted by Gasteiger charge is -2.36. The maximum atomic E-state index is 14.9. The number of rotatable bonds is 9. The van der Waals surface area contributed by atoms with Crippen molar-refractivity contribution in [3.8, 4) is 5.75 Å². The highest BCUT2D eigenvalue weighted by molar-refractivity contribution is 5.88. The number of alkyl halides is 1. The Morgan fingerprint density at radius 3 is 2.61 bits per heavy atom. The standard InChI is InChI=1S/C29H40FN9O2/c1-7-25(40)32-23-16-38(15-21(23)30)29-34-27(26-28(35-29)39(17-31-26)18(2)3)33-22-9-8-20(14-24(22)41-6)37-12-10-19(11-13-37)36(4)5/h7-9,14,17-19,21,23H,1,10-13,15-16H2,2-6H3,(H,32,40)(H,33,34,35)/t21-,23+/m0/s1. The Labute approximate surface area is 240 Å². The van der Waals surface area contributed by atoms with Crippen molar-refractivity contribution in [1.82, 2.24) is 29.7 Å². The summed E-state index contributed by atoms with van der Waals surface area (Å²) >= 11 is 0. The van der Waals surface area contributed by atoms with E-state index in [1.165, 1.54) is 0 Å². The maximum absolute atomic E-state index is 14.9. The first-order valence-electron chi connectivity index (χ1n) is 14.1. The SMILES string of the molecule is C=CC(=O)N[C@@H]1CN(c2nc(Nc3ccc(N4CCC(N(C)C)CC4)cc3OC)c3ncn(C(C)C)c3n2)C[C@@H]1F. The van der Waals surface area contributed by atoms with Gasteiger partial charge in [0.15, 0.2) is 17.0 Å². The lowest BCUT2D eigenvalue weighted by molar-refractivity contribution is -0.117. The van der Waals surface area contributed by atoms with Gasteiger partial charge < -0.3 is 34.6 Å². The van der Waals surface area contributed by atoms with Gasteiger partial charge in [0.05, 0.1) is 31.7 Å². The minimum absolute atomic E-state index is 0.0609. The van der Waals surface area contributed by atoms with Gasteiger partial charge in [-0.25, -0.2) is 9.37 Å². The van der Waals surface area contributed by atoms with E-state index in [4.69, 9.17) is 14.7 Å². The van der Waals surface area contributed by atoms with Gasteiger partial charge in [0.2, 0.25) is 11.9 Å². The molecule has 2 atom stereocenters. The molecule has 11 nitrogen and oxygen atoms in total. The van der Waals surface area contributed by atoms with E-state index in [-0.39, 0.29) is 19.1 Å². The van der Waals surface area contributed by atoms with Gasteiger partial charge in [-0.05, 0) is 59.0 Å². The lowest BCUT2D eigenvalue weighted by Crippen LogP contribution is -2.41. The normalized spacial score (nSPS) is 19.8. The summed E-state index contributed by atoms with van der Waals surface area (Å²) in [6, 6.07) is 6.16. The number of anilines is 4. The predicted octanol–water partition coefficient (Wildman–Crippen LogP) is 3.52. The molecule has 5 rings (SSSR count). The number of carbonyl (C=O) groups is 1. The summed E-state index contributed by atoms with van der Waals surface area (Å²) in [5.74, 6) is 1.13. The highest BCUT2D eigenvalue weighted by Crippen LogP contribution is 2.35. The summed E-state index contributed by atoms with van der Waals surface area (Å²) < 4.78 is 22.6. The third kappa shape index (κ3) is 5.92. The first kappa shape index (κ1) is 28.6. The molecule has 0 bridgehead atoms. The summed E-state index contributed by atoms with van der Waals surface area (Å²) in [7, 11) is 5.94. The molecule has 0 spiro atoms. The number of fused-ring (bicyclic) bond motifs is 1. The highest BCUT2D eigenvalue weighted by Gasteiger charge is 2.35. The second-order valence-electron chi connectivity index (χ2n) is 11.2. The quantitative estimate of drug-likeness (QED) is 0.377. The molecule has 41 heavy (non-hydrogen) atoms. The summed E-state index contributed by atoms with van der Waals surface area (Å²) in [4.78, 5) is 32.4. The number of carbonyl (C=O) groups excluding carboxylic acids is 1. The van der Waals surface area contributed by atoms with E-state index in [1.54, 1.807) is 18.3 Å². The number of imidazole rings is 1. The van der Waals surface area contributed by atoms with Crippen molar-refractivity contribution >= 4 is 40.2 Å². The van der Waals surface area contributed by atoms with E-state index in [0.717, 1.165) is 43.4 Å². The number of halogens is 1. The van der Waals surface area contributed by atoms with Crippen LogP contribution < -0.4 is 25.2 Å². The third-order valence-electron chi connectivity index (χ3n) is 8.01.